The summed E-state index contributed by atoms with van der Waals surface area (Å²) in [5.41, 5.74) is 9.57. The highest BCUT2D eigenvalue weighted by Gasteiger charge is 2.21. The molecule has 2 rings (SSSR count). The first-order chi connectivity index (χ1) is 5.40. The Morgan fingerprint density at radius 2 is 2.27 bits per heavy atom. The summed E-state index contributed by atoms with van der Waals surface area (Å²) < 4.78 is 0. The fourth-order valence-electron chi connectivity index (χ4n) is 1.34. The zero-order valence-electron chi connectivity index (χ0n) is 6.17. The number of hydrogen-bond donors (Lipinski definition) is 2. The van der Waals surface area contributed by atoms with Crippen molar-refractivity contribution >= 4 is 11.4 Å². The Morgan fingerprint density at radius 3 is 3.00 bits per heavy atom. The lowest BCUT2D eigenvalue weighted by Crippen LogP contribution is -2.84. The molecular formula is C8H11N3+. The van der Waals surface area contributed by atoms with Gasteiger partial charge in [0.05, 0.1) is 6.54 Å². The monoisotopic (exact) mass is 149 g/mol. The molecule has 0 fully saturated rings. The molecule has 1 aromatic carbocycles. The third-order valence-electron chi connectivity index (χ3n) is 1.90. The molecule has 0 bridgehead atoms. The van der Waals surface area contributed by atoms with Gasteiger partial charge in [-0.05, 0) is 6.07 Å². The summed E-state index contributed by atoms with van der Waals surface area (Å²) in [7, 11) is 0. The van der Waals surface area contributed by atoms with Crippen molar-refractivity contribution in [1.82, 2.24) is 5.73 Å². The van der Waals surface area contributed by atoms with Crippen molar-refractivity contribution in [2.45, 2.75) is 6.17 Å². The number of nitrogens with two attached hydrogens (primary N) is 1. The molecule has 57 valence electrons. The molecule has 3 nitrogen and oxygen atoms in total. The van der Waals surface area contributed by atoms with Gasteiger partial charge in [-0.25, -0.2) is 5.73 Å². The van der Waals surface area contributed by atoms with E-state index in [-0.39, 0.29) is 6.17 Å². The maximum Gasteiger partial charge on any atom is 0.178 e. The SMILES string of the molecule is [NH]CC1Nc2ccccc2[NH2+]1. The molecule has 1 aliphatic rings. The van der Waals surface area contributed by atoms with E-state index in [1.165, 1.54) is 5.69 Å². The van der Waals surface area contributed by atoms with E-state index in [9.17, 15) is 0 Å². The number of quaternary nitrogens is 1. The standard InChI is InChI=1S/C8H10N3/c9-5-8-10-6-3-1-2-4-7(6)11-8/h1-4,8-11H,5H2/p+1. The molecule has 1 aliphatic heterocycles. The fourth-order valence-corrected chi connectivity index (χ4v) is 1.34. The molecule has 4 N–H and O–H groups in total. The first kappa shape index (κ1) is 6.64. The van der Waals surface area contributed by atoms with Crippen LogP contribution in [0, 0.1) is 0 Å². The highest BCUT2D eigenvalue weighted by atomic mass is 15.2. The van der Waals surface area contributed by atoms with E-state index in [1.54, 1.807) is 0 Å². The van der Waals surface area contributed by atoms with Crippen molar-refractivity contribution < 1.29 is 5.32 Å². The summed E-state index contributed by atoms with van der Waals surface area (Å²) in [6.07, 6.45) is 0.215. The first-order valence-electron chi connectivity index (χ1n) is 3.75. The van der Waals surface area contributed by atoms with Crippen molar-refractivity contribution in [1.29, 1.82) is 0 Å². The minimum absolute atomic E-state index is 0.215. The summed E-state index contributed by atoms with van der Waals surface area (Å²) in [5.74, 6) is 0. The molecule has 0 spiro atoms. The fraction of sp³-hybridized carbons (Fsp3) is 0.250. The molecule has 0 amide bonds. The largest absolute Gasteiger partial charge is 0.330 e. The number of nitrogens with one attached hydrogen (secondary N) is 2. The van der Waals surface area contributed by atoms with Crippen LogP contribution >= 0.6 is 0 Å². The van der Waals surface area contributed by atoms with Crippen LogP contribution in [0.15, 0.2) is 24.3 Å². The van der Waals surface area contributed by atoms with E-state index < -0.39 is 0 Å². The Labute approximate surface area is 65.6 Å². The second-order valence-corrected chi connectivity index (χ2v) is 2.71. The quantitative estimate of drug-likeness (QED) is 0.539. The molecule has 0 aliphatic carbocycles. The summed E-state index contributed by atoms with van der Waals surface area (Å²) in [4.78, 5) is 0. The summed E-state index contributed by atoms with van der Waals surface area (Å²) in [6, 6.07) is 8.13. The Balaban J connectivity index is 2.27. The van der Waals surface area contributed by atoms with E-state index in [4.69, 9.17) is 5.73 Å². The van der Waals surface area contributed by atoms with Gasteiger partial charge >= 0.3 is 0 Å². The molecule has 1 unspecified atom stereocenters. The van der Waals surface area contributed by atoms with Gasteiger partial charge in [-0.3, -0.25) is 5.32 Å². The molecule has 0 aromatic heterocycles. The summed E-state index contributed by atoms with van der Waals surface area (Å²) in [5, 5.41) is 5.34. The molecule has 1 aromatic rings. The van der Waals surface area contributed by atoms with Crippen molar-refractivity contribution in [3.63, 3.8) is 0 Å². The minimum Gasteiger partial charge on any atom is -0.330 e. The number of fused-ring (bicyclic) bond motifs is 1. The van der Waals surface area contributed by atoms with Gasteiger partial charge in [0.2, 0.25) is 0 Å². The maximum atomic E-state index is 7.18. The van der Waals surface area contributed by atoms with Crippen LogP contribution in [0.4, 0.5) is 11.4 Å². The lowest BCUT2D eigenvalue weighted by Gasteiger charge is -2.01. The lowest BCUT2D eigenvalue weighted by molar-refractivity contribution is -0.593. The molecule has 3 heteroatoms. The highest BCUT2D eigenvalue weighted by molar-refractivity contribution is 5.63. The number of rotatable bonds is 1. The van der Waals surface area contributed by atoms with Crippen LogP contribution in [0.25, 0.3) is 0 Å². The third-order valence-corrected chi connectivity index (χ3v) is 1.90. The van der Waals surface area contributed by atoms with Crippen LogP contribution in [0.1, 0.15) is 0 Å². The van der Waals surface area contributed by atoms with Gasteiger partial charge in [-0.2, -0.15) is 0 Å². The summed E-state index contributed by atoms with van der Waals surface area (Å²) >= 11 is 0. The number of benzene rings is 1. The molecule has 0 saturated heterocycles. The minimum atomic E-state index is 0.215. The second-order valence-electron chi connectivity index (χ2n) is 2.71. The van der Waals surface area contributed by atoms with Gasteiger partial charge < -0.3 is 5.32 Å². The molecule has 1 heterocycles. The third kappa shape index (κ3) is 1.08. The average molecular weight is 149 g/mol. The Bertz CT molecular complexity index is 234. The number of hydrogen-bond acceptors (Lipinski definition) is 1. The van der Waals surface area contributed by atoms with Crippen LogP contribution < -0.4 is 16.4 Å². The highest BCUT2D eigenvalue weighted by Crippen LogP contribution is 2.19. The number of anilines is 1. The van der Waals surface area contributed by atoms with Crippen molar-refractivity contribution in [3.8, 4) is 0 Å². The first-order valence-corrected chi connectivity index (χ1v) is 3.75. The molecule has 1 radical (unpaired) electrons. The van der Waals surface area contributed by atoms with Crippen LogP contribution in [0.5, 0.6) is 0 Å². The van der Waals surface area contributed by atoms with Gasteiger partial charge in [0.15, 0.2) is 11.9 Å². The Hall–Kier alpha value is -1.06. The van der Waals surface area contributed by atoms with Gasteiger partial charge in [-0.1, -0.05) is 12.1 Å². The predicted molar refractivity (Wildman–Crippen MR) is 43.4 cm³/mol. The lowest BCUT2D eigenvalue weighted by atomic mass is 10.3. The van der Waals surface area contributed by atoms with E-state index in [0.29, 0.717) is 6.54 Å². The van der Waals surface area contributed by atoms with Crippen LogP contribution in [-0.2, 0) is 0 Å². The van der Waals surface area contributed by atoms with E-state index in [1.807, 2.05) is 18.2 Å². The maximum absolute atomic E-state index is 7.18. The number of para-hydroxylation sites is 2. The molecular weight excluding hydrogens is 138 g/mol. The van der Waals surface area contributed by atoms with Gasteiger partial charge in [0.25, 0.3) is 0 Å². The smallest absolute Gasteiger partial charge is 0.178 e. The second kappa shape index (κ2) is 2.53. The zero-order valence-corrected chi connectivity index (χ0v) is 6.17. The van der Waals surface area contributed by atoms with Crippen LogP contribution in [-0.4, -0.2) is 12.7 Å². The predicted octanol–water partition coefficient (Wildman–Crippen LogP) is -0.0840. The topological polar surface area (TPSA) is 52.4 Å². The zero-order chi connectivity index (χ0) is 7.68. The van der Waals surface area contributed by atoms with E-state index in [2.05, 4.69) is 16.7 Å². The average Bonchev–Trinajstić information content (AvgIpc) is 2.46. The van der Waals surface area contributed by atoms with E-state index >= 15 is 0 Å². The normalized spacial score (nSPS) is 21.0. The Kier molecular flexibility index (Phi) is 1.52. The van der Waals surface area contributed by atoms with Crippen LogP contribution in [0.2, 0.25) is 0 Å². The van der Waals surface area contributed by atoms with Gasteiger partial charge in [0.1, 0.15) is 5.69 Å². The van der Waals surface area contributed by atoms with Crippen LogP contribution in [0.3, 0.4) is 0 Å². The van der Waals surface area contributed by atoms with Gasteiger partial charge in [0, 0.05) is 6.07 Å². The molecule has 11 heavy (non-hydrogen) atoms. The summed E-state index contributed by atoms with van der Waals surface area (Å²) in [6.45, 7) is 0.411. The van der Waals surface area contributed by atoms with Crippen molar-refractivity contribution in [2.75, 3.05) is 11.9 Å². The Morgan fingerprint density at radius 1 is 1.45 bits per heavy atom. The molecule has 1 atom stereocenters. The molecule has 0 saturated carbocycles. The van der Waals surface area contributed by atoms with Crippen molar-refractivity contribution in [3.05, 3.63) is 24.3 Å². The van der Waals surface area contributed by atoms with E-state index in [0.717, 1.165) is 5.69 Å². The van der Waals surface area contributed by atoms with Gasteiger partial charge in [-0.15, -0.1) is 0 Å². The van der Waals surface area contributed by atoms with Crippen molar-refractivity contribution in [2.24, 2.45) is 0 Å².